The summed E-state index contributed by atoms with van der Waals surface area (Å²) in [4.78, 5) is 8.04. The second kappa shape index (κ2) is 8.30. The number of piperidine rings is 3. The van der Waals surface area contributed by atoms with E-state index in [0.29, 0.717) is 17.6 Å². The smallest absolute Gasteiger partial charge is 0.115 e. The lowest BCUT2D eigenvalue weighted by Crippen LogP contribution is -2.61. The molecule has 5 heteroatoms. The summed E-state index contributed by atoms with van der Waals surface area (Å²) < 4.78 is 0. The van der Waals surface area contributed by atoms with Gasteiger partial charge in [0.05, 0.1) is 5.52 Å². The fourth-order valence-electron chi connectivity index (χ4n) is 5.46. The first-order valence-corrected chi connectivity index (χ1v) is 12.0. The molecule has 0 amide bonds. The Kier molecular flexibility index (Phi) is 5.51. The molecule has 1 aromatic heterocycles. The van der Waals surface area contributed by atoms with E-state index >= 15 is 0 Å². The lowest BCUT2D eigenvalue weighted by molar-refractivity contribution is -0.0959. The Labute approximate surface area is 188 Å². The Hall–Kier alpha value is -2.34. The number of nitrogens with zero attached hydrogens (tertiary/aromatic N) is 2. The molecule has 4 heterocycles. The summed E-state index contributed by atoms with van der Waals surface area (Å²) >= 11 is 1.64. The van der Waals surface area contributed by atoms with Crippen LogP contribution in [-0.2, 0) is 5.60 Å². The third kappa shape index (κ3) is 3.65. The van der Waals surface area contributed by atoms with Gasteiger partial charge in [-0.1, -0.05) is 36.4 Å². The third-order valence-electron chi connectivity index (χ3n) is 7.14. The molecule has 4 nitrogen and oxygen atoms in total. The van der Waals surface area contributed by atoms with Crippen molar-refractivity contribution >= 4 is 28.4 Å². The largest absolute Gasteiger partial charge is 0.398 e. The van der Waals surface area contributed by atoms with Gasteiger partial charge in [0.25, 0.3) is 0 Å². The van der Waals surface area contributed by atoms with Crippen molar-refractivity contribution in [3.05, 3.63) is 79.0 Å². The van der Waals surface area contributed by atoms with Crippen molar-refractivity contribution in [3.63, 3.8) is 0 Å². The molecule has 0 radical (unpaired) electrons. The Balaban J connectivity index is 1.57. The fourth-order valence-corrected chi connectivity index (χ4v) is 6.59. The van der Waals surface area contributed by atoms with Crippen LogP contribution < -0.4 is 5.73 Å². The van der Waals surface area contributed by atoms with E-state index in [0.717, 1.165) is 46.6 Å². The zero-order valence-corrected chi connectivity index (χ0v) is 18.5. The van der Waals surface area contributed by atoms with Gasteiger partial charge in [0.1, 0.15) is 5.60 Å². The van der Waals surface area contributed by atoms with Crippen molar-refractivity contribution in [3.8, 4) is 0 Å². The minimum absolute atomic E-state index is 0.0608. The van der Waals surface area contributed by atoms with Crippen LogP contribution in [0.5, 0.6) is 0 Å². The molecule has 2 aromatic carbocycles. The van der Waals surface area contributed by atoms with Gasteiger partial charge in [0, 0.05) is 40.5 Å². The molecule has 6 rings (SSSR count). The van der Waals surface area contributed by atoms with E-state index in [1.807, 2.05) is 54.7 Å². The molecule has 3 aliphatic heterocycles. The van der Waals surface area contributed by atoms with Crippen LogP contribution in [0.1, 0.15) is 18.4 Å². The van der Waals surface area contributed by atoms with Crippen LogP contribution in [0.2, 0.25) is 0 Å². The van der Waals surface area contributed by atoms with Gasteiger partial charge in [-0.15, -0.1) is 18.3 Å². The molecule has 3 N–H and O–H groups in total. The maximum atomic E-state index is 12.5. The number of benzene rings is 2. The standard InChI is InChI=1S/C26H29N3OS/c1-2-18-16-29-14-12-19(18)15-25(29)26(30,17-31-24-10-6-4-8-22(24)27)21-11-13-28-23-9-5-3-7-20(21)23/h2-11,13,18-19,25,30H,1,12,14-17,27H2. The molecule has 160 valence electrons. The first kappa shape index (κ1) is 20.6. The number of aromatic nitrogens is 1. The summed E-state index contributed by atoms with van der Waals surface area (Å²) in [5, 5.41) is 13.5. The van der Waals surface area contributed by atoms with E-state index in [2.05, 4.69) is 28.6 Å². The second-order valence-corrected chi connectivity index (χ2v) is 9.84. The SMILES string of the molecule is C=CC1CN2CCC1CC2C(O)(CSc1ccccc1N)c1ccnc2ccccc12. The molecule has 5 atom stereocenters. The highest BCUT2D eigenvalue weighted by molar-refractivity contribution is 7.99. The zero-order valence-electron chi connectivity index (χ0n) is 17.7. The number of aliphatic hydroxyl groups is 1. The Morgan fingerprint density at radius 3 is 2.77 bits per heavy atom. The lowest BCUT2D eigenvalue weighted by Gasteiger charge is -2.54. The molecule has 3 aromatic rings. The van der Waals surface area contributed by atoms with Gasteiger partial charge in [-0.05, 0) is 61.1 Å². The molecule has 31 heavy (non-hydrogen) atoms. The fraction of sp³-hybridized carbons (Fsp3) is 0.346. The topological polar surface area (TPSA) is 62.4 Å². The van der Waals surface area contributed by atoms with E-state index < -0.39 is 5.60 Å². The number of fused-ring (bicyclic) bond motifs is 4. The average Bonchev–Trinajstić information content (AvgIpc) is 2.83. The number of rotatable bonds is 6. The van der Waals surface area contributed by atoms with Crippen LogP contribution in [0.25, 0.3) is 10.9 Å². The summed E-state index contributed by atoms with van der Waals surface area (Å²) in [6.07, 6.45) is 6.09. The van der Waals surface area contributed by atoms with Crippen molar-refractivity contribution < 1.29 is 5.11 Å². The van der Waals surface area contributed by atoms with E-state index in [1.165, 1.54) is 6.42 Å². The summed E-state index contributed by atoms with van der Waals surface area (Å²) in [6, 6.07) is 18.1. The highest BCUT2D eigenvalue weighted by Crippen LogP contribution is 2.47. The molecule has 5 unspecified atom stereocenters. The Morgan fingerprint density at radius 2 is 2.00 bits per heavy atom. The van der Waals surface area contributed by atoms with Crippen molar-refractivity contribution in [1.29, 1.82) is 0 Å². The van der Waals surface area contributed by atoms with E-state index in [9.17, 15) is 5.11 Å². The van der Waals surface area contributed by atoms with Crippen LogP contribution in [0.4, 0.5) is 5.69 Å². The maximum Gasteiger partial charge on any atom is 0.115 e. The van der Waals surface area contributed by atoms with Gasteiger partial charge in [0.15, 0.2) is 0 Å². The maximum absolute atomic E-state index is 12.5. The molecule has 0 spiro atoms. The van der Waals surface area contributed by atoms with Gasteiger partial charge >= 0.3 is 0 Å². The number of para-hydroxylation sites is 2. The number of nitrogen functional groups attached to an aromatic ring is 1. The number of pyridine rings is 1. The molecular formula is C26H29N3OS. The third-order valence-corrected chi connectivity index (χ3v) is 8.41. The van der Waals surface area contributed by atoms with Gasteiger partial charge < -0.3 is 10.8 Å². The quantitative estimate of drug-likeness (QED) is 0.337. The number of hydrogen-bond donors (Lipinski definition) is 2. The normalized spacial score (nSPS) is 27.1. The monoisotopic (exact) mass is 431 g/mol. The van der Waals surface area contributed by atoms with Gasteiger partial charge in [0.2, 0.25) is 0 Å². The Bertz CT molecular complexity index is 1100. The van der Waals surface area contributed by atoms with Crippen molar-refractivity contribution in [2.45, 2.75) is 29.4 Å². The molecule has 0 saturated carbocycles. The van der Waals surface area contributed by atoms with Gasteiger partial charge in [-0.25, -0.2) is 0 Å². The molecule has 0 aliphatic carbocycles. The molecule has 3 fully saturated rings. The zero-order chi connectivity index (χ0) is 21.4. The minimum Gasteiger partial charge on any atom is -0.398 e. The van der Waals surface area contributed by atoms with Crippen LogP contribution in [-0.4, -0.2) is 39.9 Å². The van der Waals surface area contributed by atoms with Crippen LogP contribution >= 0.6 is 11.8 Å². The van der Waals surface area contributed by atoms with E-state index in [1.54, 1.807) is 11.8 Å². The molecule has 2 bridgehead atoms. The summed E-state index contributed by atoms with van der Waals surface area (Å²) in [5.74, 6) is 1.64. The predicted molar refractivity (Wildman–Crippen MR) is 129 cm³/mol. The first-order chi connectivity index (χ1) is 15.1. The minimum atomic E-state index is -1.01. The average molecular weight is 432 g/mol. The van der Waals surface area contributed by atoms with Crippen molar-refractivity contribution in [2.75, 3.05) is 24.6 Å². The predicted octanol–water partition coefficient (Wildman–Crippen LogP) is 4.69. The van der Waals surface area contributed by atoms with Gasteiger partial charge in [-0.2, -0.15) is 0 Å². The molecule has 3 aliphatic rings. The highest BCUT2D eigenvalue weighted by Gasteiger charge is 2.50. The van der Waals surface area contributed by atoms with Crippen LogP contribution in [0.3, 0.4) is 0 Å². The van der Waals surface area contributed by atoms with Crippen LogP contribution in [0.15, 0.2) is 78.3 Å². The van der Waals surface area contributed by atoms with Crippen molar-refractivity contribution in [2.24, 2.45) is 11.8 Å². The summed E-state index contributed by atoms with van der Waals surface area (Å²) in [7, 11) is 0. The number of nitrogens with two attached hydrogens (primary N) is 1. The van der Waals surface area contributed by atoms with Gasteiger partial charge in [-0.3, -0.25) is 9.88 Å². The number of thioether (sulfide) groups is 1. The highest BCUT2D eigenvalue weighted by atomic mass is 32.2. The van der Waals surface area contributed by atoms with Crippen molar-refractivity contribution in [1.82, 2.24) is 9.88 Å². The lowest BCUT2D eigenvalue weighted by atomic mass is 9.70. The first-order valence-electron chi connectivity index (χ1n) is 11.0. The molecular weight excluding hydrogens is 402 g/mol. The van der Waals surface area contributed by atoms with E-state index in [-0.39, 0.29) is 6.04 Å². The van der Waals surface area contributed by atoms with E-state index in [4.69, 9.17) is 5.73 Å². The molecule has 3 saturated heterocycles. The van der Waals surface area contributed by atoms with Crippen LogP contribution in [0, 0.1) is 11.8 Å². The Morgan fingerprint density at radius 1 is 1.19 bits per heavy atom. The number of anilines is 1. The summed E-state index contributed by atoms with van der Waals surface area (Å²) in [6.45, 7) is 6.07. The number of hydrogen-bond acceptors (Lipinski definition) is 5. The second-order valence-electron chi connectivity index (χ2n) is 8.82. The summed E-state index contributed by atoms with van der Waals surface area (Å²) in [5.41, 5.74) is 7.85.